The van der Waals surface area contributed by atoms with Gasteiger partial charge in [-0.25, -0.2) is 0 Å². The Bertz CT molecular complexity index is 1160. The molecule has 0 saturated carbocycles. The Labute approximate surface area is 194 Å². The molecule has 1 N–H and O–H groups in total. The maximum absolute atomic E-state index is 12.5. The van der Waals surface area contributed by atoms with Crippen molar-refractivity contribution in [1.82, 2.24) is 0 Å². The molecule has 0 aliphatic carbocycles. The van der Waals surface area contributed by atoms with E-state index in [0.29, 0.717) is 32.2 Å². The summed E-state index contributed by atoms with van der Waals surface area (Å²) in [6.45, 7) is 0.264. The molecule has 0 fully saturated rings. The van der Waals surface area contributed by atoms with E-state index in [1.165, 1.54) is 13.2 Å². The molecule has 0 radical (unpaired) electrons. The maximum atomic E-state index is 12.5. The predicted molar refractivity (Wildman–Crippen MR) is 125 cm³/mol. The fourth-order valence-electron chi connectivity index (χ4n) is 2.73. The van der Waals surface area contributed by atoms with E-state index in [9.17, 15) is 10.1 Å². The average molecular weight is 498 g/mol. The van der Waals surface area contributed by atoms with Crippen molar-refractivity contribution in [3.05, 3.63) is 92.9 Å². The van der Waals surface area contributed by atoms with Crippen molar-refractivity contribution in [1.29, 1.82) is 5.26 Å². The molecule has 0 aromatic heterocycles. The van der Waals surface area contributed by atoms with Crippen molar-refractivity contribution in [2.45, 2.75) is 6.61 Å². The third-order valence-corrected chi connectivity index (χ3v) is 5.38. The van der Waals surface area contributed by atoms with Crippen molar-refractivity contribution < 1.29 is 14.3 Å². The Morgan fingerprint density at radius 3 is 2.52 bits per heavy atom. The number of anilines is 1. The molecular weight excluding hydrogens is 480 g/mol. The second-order valence-corrected chi connectivity index (χ2v) is 7.66. The molecule has 5 nitrogen and oxygen atoms in total. The van der Waals surface area contributed by atoms with E-state index in [-0.39, 0.29) is 12.2 Å². The molecular formula is C24H18BrClN2O3. The van der Waals surface area contributed by atoms with Crippen molar-refractivity contribution in [3.63, 3.8) is 0 Å². The van der Waals surface area contributed by atoms with Crippen LogP contribution < -0.4 is 14.8 Å². The summed E-state index contributed by atoms with van der Waals surface area (Å²) < 4.78 is 12.0. The fourth-order valence-corrected chi connectivity index (χ4v) is 3.36. The van der Waals surface area contributed by atoms with Crippen molar-refractivity contribution in [2.24, 2.45) is 0 Å². The van der Waals surface area contributed by atoms with Crippen molar-refractivity contribution in [2.75, 3.05) is 12.4 Å². The molecule has 31 heavy (non-hydrogen) atoms. The summed E-state index contributed by atoms with van der Waals surface area (Å²) in [4.78, 5) is 12.5. The number of para-hydroxylation sites is 1. The minimum absolute atomic E-state index is 0.0451. The number of nitriles is 1. The van der Waals surface area contributed by atoms with Gasteiger partial charge in [0, 0.05) is 20.7 Å². The van der Waals surface area contributed by atoms with E-state index in [1.54, 1.807) is 42.5 Å². The molecule has 0 spiro atoms. The van der Waals surface area contributed by atoms with Gasteiger partial charge in [-0.2, -0.15) is 5.26 Å². The van der Waals surface area contributed by atoms with Crippen LogP contribution in [0.5, 0.6) is 11.5 Å². The smallest absolute Gasteiger partial charge is 0.266 e. The van der Waals surface area contributed by atoms with Crippen LogP contribution in [0.1, 0.15) is 11.1 Å². The first-order valence-electron chi connectivity index (χ1n) is 9.23. The van der Waals surface area contributed by atoms with Crippen molar-refractivity contribution in [3.8, 4) is 17.6 Å². The van der Waals surface area contributed by atoms with Gasteiger partial charge in [0.1, 0.15) is 18.2 Å². The number of halogens is 2. The zero-order valence-electron chi connectivity index (χ0n) is 16.6. The van der Waals surface area contributed by atoms with E-state index in [2.05, 4.69) is 21.2 Å². The minimum Gasteiger partial charge on any atom is -0.493 e. The van der Waals surface area contributed by atoms with Gasteiger partial charge in [0.2, 0.25) is 0 Å². The predicted octanol–water partition coefficient (Wildman–Crippen LogP) is 6.24. The van der Waals surface area contributed by atoms with E-state index in [4.69, 9.17) is 21.1 Å². The van der Waals surface area contributed by atoms with Crippen LogP contribution in [-0.4, -0.2) is 13.0 Å². The summed E-state index contributed by atoms with van der Waals surface area (Å²) in [5.41, 5.74) is 2.00. The van der Waals surface area contributed by atoms with Crippen molar-refractivity contribution >= 4 is 45.2 Å². The summed E-state index contributed by atoms with van der Waals surface area (Å²) >= 11 is 9.66. The van der Waals surface area contributed by atoms with E-state index in [0.717, 1.165) is 5.56 Å². The quantitative estimate of drug-likeness (QED) is 0.310. The Kier molecular flexibility index (Phi) is 7.71. The van der Waals surface area contributed by atoms with Crippen LogP contribution in [-0.2, 0) is 11.4 Å². The Hall–Kier alpha value is -3.27. The van der Waals surface area contributed by atoms with Gasteiger partial charge in [-0.05, 0) is 42.0 Å². The summed E-state index contributed by atoms with van der Waals surface area (Å²) in [5.74, 6) is 0.458. The molecule has 0 aliphatic heterocycles. The molecule has 3 rings (SSSR count). The third-order valence-electron chi connectivity index (χ3n) is 4.32. The molecule has 0 unspecified atom stereocenters. The number of amides is 1. The average Bonchev–Trinajstić information content (AvgIpc) is 2.78. The molecule has 0 saturated heterocycles. The number of nitrogens with one attached hydrogen (secondary N) is 1. The number of benzene rings is 3. The summed E-state index contributed by atoms with van der Waals surface area (Å²) in [6, 6.07) is 21.7. The normalized spacial score (nSPS) is 10.8. The Morgan fingerprint density at radius 2 is 1.84 bits per heavy atom. The van der Waals surface area contributed by atoms with Crippen LogP contribution >= 0.6 is 27.5 Å². The van der Waals surface area contributed by atoms with Crippen LogP contribution in [0.3, 0.4) is 0 Å². The largest absolute Gasteiger partial charge is 0.493 e. The monoisotopic (exact) mass is 496 g/mol. The molecule has 0 atom stereocenters. The topological polar surface area (TPSA) is 71.3 Å². The first kappa shape index (κ1) is 22.4. The lowest BCUT2D eigenvalue weighted by atomic mass is 10.1. The minimum atomic E-state index is -0.501. The SMILES string of the molecule is COc1cc(/C=C(/C#N)C(=O)Nc2ccccc2)c(Br)cc1OCc1ccccc1Cl. The molecule has 0 heterocycles. The number of hydrogen-bond donors (Lipinski definition) is 1. The van der Waals surface area contributed by atoms with Gasteiger partial charge in [0.25, 0.3) is 5.91 Å². The second kappa shape index (κ2) is 10.7. The number of methoxy groups -OCH3 is 1. The standard InChI is InChI=1S/C24H18BrClN2O3/c1-30-22-12-17(11-18(14-27)24(29)28-19-8-3-2-4-9-19)20(25)13-23(22)31-15-16-7-5-6-10-21(16)26/h2-13H,15H2,1H3,(H,28,29)/b18-11-. The van der Waals surface area contributed by atoms with Crippen LogP contribution in [0, 0.1) is 11.3 Å². The van der Waals surface area contributed by atoms with Gasteiger partial charge in [0.15, 0.2) is 11.5 Å². The number of ether oxygens (including phenoxy) is 2. The molecule has 1 amide bonds. The Balaban J connectivity index is 1.83. The van der Waals surface area contributed by atoms with Gasteiger partial charge in [-0.1, -0.05) is 63.9 Å². The number of nitrogens with zero attached hydrogens (tertiary/aromatic N) is 1. The van der Waals surface area contributed by atoms with Crippen LogP contribution in [0.25, 0.3) is 6.08 Å². The first-order chi connectivity index (χ1) is 15.0. The summed E-state index contributed by atoms with van der Waals surface area (Å²) in [5, 5.41) is 12.8. The highest BCUT2D eigenvalue weighted by Gasteiger charge is 2.14. The van der Waals surface area contributed by atoms with Gasteiger partial charge in [-0.15, -0.1) is 0 Å². The number of hydrogen-bond acceptors (Lipinski definition) is 4. The van der Waals surface area contributed by atoms with Crippen LogP contribution in [0.2, 0.25) is 5.02 Å². The summed E-state index contributed by atoms with van der Waals surface area (Å²) in [6.07, 6.45) is 1.49. The van der Waals surface area contributed by atoms with E-state index >= 15 is 0 Å². The molecule has 7 heteroatoms. The highest BCUT2D eigenvalue weighted by Crippen LogP contribution is 2.35. The van der Waals surface area contributed by atoms with Gasteiger partial charge in [-0.3, -0.25) is 4.79 Å². The Morgan fingerprint density at radius 1 is 1.13 bits per heavy atom. The van der Waals surface area contributed by atoms with Crippen LogP contribution in [0.4, 0.5) is 5.69 Å². The van der Waals surface area contributed by atoms with Gasteiger partial charge in [0.05, 0.1) is 7.11 Å². The number of carbonyl (C=O) groups is 1. The molecule has 0 bridgehead atoms. The van der Waals surface area contributed by atoms with E-state index < -0.39 is 5.91 Å². The zero-order chi connectivity index (χ0) is 22.2. The highest BCUT2D eigenvalue weighted by molar-refractivity contribution is 9.10. The second-order valence-electron chi connectivity index (χ2n) is 6.39. The molecule has 0 aliphatic rings. The lowest BCUT2D eigenvalue weighted by molar-refractivity contribution is -0.112. The van der Waals surface area contributed by atoms with Gasteiger partial charge >= 0.3 is 0 Å². The van der Waals surface area contributed by atoms with E-state index in [1.807, 2.05) is 30.3 Å². The number of rotatable bonds is 7. The zero-order valence-corrected chi connectivity index (χ0v) is 18.9. The van der Waals surface area contributed by atoms with Crippen LogP contribution in [0.15, 0.2) is 76.8 Å². The lowest BCUT2D eigenvalue weighted by Gasteiger charge is -2.13. The molecule has 3 aromatic rings. The molecule has 156 valence electrons. The van der Waals surface area contributed by atoms with Gasteiger partial charge < -0.3 is 14.8 Å². The fraction of sp³-hybridized carbons (Fsp3) is 0.0833. The third kappa shape index (κ3) is 5.88. The first-order valence-corrected chi connectivity index (χ1v) is 10.4. The number of carbonyl (C=O) groups excluding carboxylic acids is 1. The maximum Gasteiger partial charge on any atom is 0.266 e. The summed E-state index contributed by atoms with van der Waals surface area (Å²) in [7, 11) is 1.52. The lowest BCUT2D eigenvalue weighted by Crippen LogP contribution is -2.13. The molecule has 3 aromatic carbocycles. The highest BCUT2D eigenvalue weighted by atomic mass is 79.9.